The molecule has 0 fully saturated rings. The summed E-state index contributed by atoms with van der Waals surface area (Å²) in [5.74, 6) is -1.05. The summed E-state index contributed by atoms with van der Waals surface area (Å²) in [6.45, 7) is 1.70. The van der Waals surface area contributed by atoms with E-state index in [1.165, 1.54) is 12.1 Å². The molecule has 0 spiro atoms. The molecule has 1 aromatic carbocycles. The zero-order valence-corrected chi connectivity index (χ0v) is 9.59. The van der Waals surface area contributed by atoms with Crippen LogP contribution in [-0.4, -0.2) is 23.7 Å². The second-order valence-electron chi connectivity index (χ2n) is 3.39. The molecule has 5 heteroatoms. The molecule has 1 amide bonds. The van der Waals surface area contributed by atoms with Gasteiger partial charge in [-0.3, -0.25) is 4.79 Å². The molecule has 88 valence electrons. The van der Waals surface area contributed by atoms with E-state index in [-0.39, 0.29) is 23.2 Å². The zero-order chi connectivity index (χ0) is 12.1. The van der Waals surface area contributed by atoms with Crippen LogP contribution in [0.5, 0.6) is 0 Å². The van der Waals surface area contributed by atoms with Gasteiger partial charge in [0, 0.05) is 5.56 Å². The van der Waals surface area contributed by atoms with Crippen LogP contribution in [0, 0.1) is 5.82 Å². The predicted molar refractivity (Wildman–Crippen MR) is 60.0 cm³/mol. The van der Waals surface area contributed by atoms with Gasteiger partial charge in [-0.2, -0.15) is 0 Å². The fraction of sp³-hybridized carbons (Fsp3) is 0.364. The van der Waals surface area contributed by atoms with Gasteiger partial charge in [0.05, 0.1) is 17.7 Å². The highest BCUT2D eigenvalue weighted by molar-refractivity contribution is 6.30. The number of carbonyl (C=O) groups excluding carboxylic acids is 1. The molecule has 1 aromatic rings. The quantitative estimate of drug-likeness (QED) is 0.852. The smallest absolute Gasteiger partial charge is 0.251 e. The van der Waals surface area contributed by atoms with Crippen molar-refractivity contribution in [2.75, 3.05) is 6.61 Å². The lowest BCUT2D eigenvalue weighted by molar-refractivity contribution is 0.0914. The highest BCUT2D eigenvalue weighted by Gasteiger charge is 2.12. The van der Waals surface area contributed by atoms with E-state index in [1.807, 2.05) is 6.92 Å². The van der Waals surface area contributed by atoms with Crippen molar-refractivity contribution in [1.29, 1.82) is 0 Å². The first kappa shape index (κ1) is 12.9. The van der Waals surface area contributed by atoms with E-state index in [4.69, 9.17) is 16.7 Å². The van der Waals surface area contributed by atoms with E-state index in [2.05, 4.69) is 5.32 Å². The van der Waals surface area contributed by atoms with Crippen molar-refractivity contribution in [3.05, 3.63) is 34.6 Å². The molecule has 0 saturated carbocycles. The maximum atomic E-state index is 13.1. The molecule has 1 rings (SSSR count). The lowest BCUT2D eigenvalue weighted by Crippen LogP contribution is -2.36. The third kappa shape index (κ3) is 3.18. The average molecular weight is 246 g/mol. The molecule has 0 aromatic heterocycles. The predicted octanol–water partition coefficient (Wildman–Crippen LogP) is 1.98. The van der Waals surface area contributed by atoms with Gasteiger partial charge >= 0.3 is 0 Å². The third-order valence-corrected chi connectivity index (χ3v) is 2.54. The van der Waals surface area contributed by atoms with Crippen molar-refractivity contribution in [3.8, 4) is 0 Å². The van der Waals surface area contributed by atoms with Gasteiger partial charge in [-0.1, -0.05) is 18.5 Å². The van der Waals surface area contributed by atoms with Gasteiger partial charge in [-0.25, -0.2) is 4.39 Å². The molecule has 0 saturated heterocycles. The fourth-order valence-electron chi connectivity index (χ4n) is 1.18. The fourth-order valence-corrected chi connectivity index (χ4v) is 1.30. The highest BCUT2D eigenvalue weighted by atomic mass is 35.5. The molecule has 1 unspecified atom stereocenters. The Morgan fingerprint density at radius 1 is 1.62 bits per heavy atom. The van der Waals surface area contributed by atoms with Crippen LogP contribution in [0.2, 0.25) is 5.02 Å². The number of nitrogens with one attached hydrogen (secondary N) is 1. The van der Waals surface area contributed by atoms with E-state index >= 15 is 0 Å². The number of benzene rings is 1. The van der Waals surface area contributed by atoms with Crippen LogP contribution in [0.1, 0.15) is 23.7 Å². The first-order chi connectivity index (χ1) is 7.58. The van der Waals surface area contributed by atoms with Gasteiger partial charge in [0.15, 0.2) is 0 Å². The number of aliphatic hydroxyl groups is 1. The van der Waals surface area contributed by atoms with Gasteiger partial charge in [-0.05, 0) is 24.6 Å². The van der Waals surface area contributed by atoms with Crippen molar-refractivity contribution in [2.45, 2.75) is 19.4 Å². The van der Waals surface area contributed by atoms with Gasteiger partial charge in [-0.15, -0.1) is 0 Å². The zero-order valence-electron chi connectivity index (χ0n) is 8.84. The minimum Gasteiger partial charge on any atom is -0.394 e. The lowest BCUT2D eigenvalue weighted by Gasteiger charge is -2.13. The third-order valence-electron chi connectivity index (χ3n) is 2.23. The summed E-state index contributed by atoms with van der Waals surface area (Å²) in [7, 11) is 0. The Balaban J connectivity index is 2.76. The number of hydrogen-bond donors (Lipinski definition) is 2. The molecule has 0 aliphatic rings. The normalized spacial score (nSPS) is 12.2. The van der Waals surface area contributed by atoms with Crippen molar-refractivity contribution in [3.63, 3.8) is 0 Å². The van der Waals surface area contributed by atoms with Crippen molar-refractivity contribution >= 4 is 17.5 Å². The van der Waals surface area contributed by atoms with Crippen molar-refractivity contribution < 1.29 is 14.3 Å². The maximum absolute atomic E-state index is 13.1. The number of carbonyl (C=O) groups is 1. The monoisotopic (exact) mass is 245 g/mol. The largest absolute Gasteiger partial charge is 0.394 e. The topological polar surface area (TPSA) is 49.3 Å². The molecule has 0 aliphatic carbocycles. The van der Waals surface area contributed by atoms with Crippen LogP contribution < -0.4 is 5.32 Å². The average Bonchev–Trinajstić information content (AvgIpc) is 2.29. The Morgan fingerprint density at radius 2 is 2.31 bits per heavy atom. The Hall–Kier alpha value is -1.13. The maximum Gasteiger partial charge on any atom is 0.251 e. The number of aliphatic hydroxyl groups excluding tert-OH is 1. The molecule has 0 heterocycles. The van der Waals surface area contributed by atoms with Gasteiger partial charge < -0.3 is 10.4 Å². The SMILES string of the molecule is CCC(CO)NC(=O)c1ccc(Cl)c(F)c1. The van der Waals surface area contributed by atoms with E-state index in [0.29, 0.717) is 6.42 Å². The minimum atomic E-state index is -0.633. The summed E-state index contributed by atoms with van der Waals surface area (Å²) in [6, 6.07) is 3.52. The molecule has 3 nitrogen and oxygen atoms in total. The standard InChI is InChI=1S/C11H13ClFNO2/c1-2-8(6-15)14-11(16)7-3-4-9(12)10(13)5-7/h3-5,8,15H,2,6H2,1H3,(H,14,16). The summed E-state index contributed by atoms with van der Waals surface area (Å²) in [5, 5.41) is 11.5. The first-order valence-corrected chi connectivity index (χ1v) is 5.33. The van der Waals surface area contributed by atoms with Crippen LogP contribution in [0.25, 0.3) is 0 Å². The number of hydrogen-bond acceptors (Lipinski definition) is 2. The van der Waals surface area contributed by atoms with Crippen molar-refractivity contribution in [1.82, 2.24) is 5.32 Å². The van der Waals surface area contributed by atoms with Gasteiger partial charge in [0.2, 0.25) is 0 Å². The first-order valence-electron chi connectivity index (χ1n) is 4.95. The second-order valence-corrected chi connectivity index (χ2v) is 3.80. The van der Waals surface area contributed by atoms with Gasteiger partial charge in [0.25, 0.3) is 5.91 Å². The number of rotatable bonds is 4. The van der Waals surface area contributed by atoms with Gasteiger partial charge in [0.1, 0.15) is 5.82 Å². The molecule has 2 N–H and O–H groups in total. The number of halogens is 2. The summed E-state index contributed by atoms with van der Waals surface area (Å²) >= 11 is 5.50. The lowest BCUT2D eigenvalue weighted by atomic mass is 10.1. The Bertz CT molecular complexity index is 380. The van der Waals surface area contributed by atoms with Crippen LogP contribution >= 0.6 is 11.6 Å². The van der Waals surface area contributed by atoms with E-state index in [0.717, 1.165) is 6.07 Å². The summed E-state index contributed by atoms with van der Waals surface area (Å²) in [4.78, 5) is 11.6. The molecular formula is C11H13ClFNO2. The van der Waals surface area contributed by atoms with Crippen LogP contribution in [0.4, 0.5) is 4.39 Å². The van der Waals surface area contributed by atoms with E-state index in [9.17, 15) is 9.18 Å². The second kappa shape index (κ2) is 5.82. The minimum absolute atomic E-state index is 0.0225. The molecule has 0 radical (unpaired) electrons. The molecule has 0 bridgehead atoms. The summed E-state index contributed by atoms with van der Waals surface area (Å²) in [5.41, 5.74) is 0.189. The Kier molecular flexibility index (Phi) is 4.71. The Morgan fingerprint density at radius 3 is 2.81 bits per heavy atom. The van der Waals surface area contributed by atoms with Crippen LogP contribution in [0.3, 0.4) is 0 Å². The Labute approximate surface area is 98.2 Å². The number of amides is 1. The molecular weight excluding hydrogens is 233 g/mol. The van der Waals surface area contributed by atoms with Crippen LogP contribution in [0.15, 0.2) is 18.2 Å². The molecule has 1 atom stereocenters. The van der Waals surface area contributed by atoms with Crippen LogP contribution in [-0.2, 0) is 0 Å². The van der Waals surface area contributed by atoms with E-state index < -0.39 is 11.7 Å². The van der Waals surface area contributed by atoms with E-state index in [1.54, 1.807) is 0 Å². The summed E-state index contributed by atoms with van der Waals surface area (Å²) < 4.78 is 13.1. The summed E-state index contributed by atoms with van der Waals surface area (Å²) in [6.07, 6.45) is 0.609. The highest BCUT2D eigenvalue weighted by Crippen LogP contribution is 2.15. The molecule has 16 heavy (non-hydrogen) atoms. The van der Waals surface area contributed by atoms with Crippen molar-refractivity contribution in [2.24, 2.45) is 0 Å². The molecule has 0 aliphatic heterocycles.